The second-order valence-corrected chi connectivity index (χ2v) is 4.72. The lowest BCUT2D eigenvalue weighted by Gasteiger charge is -2.19. The average Bonchev–Trinajstić information content (AvgIpc) is 2.74. The van der Waals surface area contributed by atoms with Crippen LogP contribution in [-0.2, 0) is 0 Å². The molecule has 0 unspecified atom stereocenters. The number of guanidine groups is 1. The molecular formula is C15H21IN4O2. The maximum absolute atomic E-state index is 12.1. The van der Waals surface area contributed by atoms with Crippen LogP contribution in [0, 0.1) is 0 Å². The minimum atomic E-state index is -0.257. The van der Waals surface area contributed by atoms with E-state index >= 15 is 0 Å². The van der Waals surface area contributed by atoms with Gasteiger partial charge in [-0.2, -0.15) is 0 Å². The van der Waals surface area contributed by atoms with Crippen LogP contribution in [0.5, 0.6) is 0 Å². The van der Waals surface area contributed by atoms with E-state index in [1.54, 1.807) is 24.3 Å². The van der Waals surface area contributed by atoms with Crippen LogP contribution >= 0.6 is 24.0 Å². The molecule has 0 atom stereocenters. The summed E-state index contributed by atoms with van der Waals surface area (Å²) in [5, 5.41) is 0. The number of rotatable bonds is 5. The van der Waals surface area contributed by atoms with E-state index in [4.69, 9.17) is 5.73 Å². The largest absolute Gasteiger partial charge is 0.370 e. The Labute approximate surface area is 147 Å². The van der Waals surface area contributed by atoms with E-state index in [0.29, 0.717) is 23.6 Å². The molecule has 1 aliphatic rings. The highest BCUT2D eigenvalue weighted by atomic mass is 127. The molecule has 1 aliphatic heterocycles. The lowest BCUT2D eigenvalue weighted by atomic mass is 10.1. The molecule has 120 valence electrons. The van der Waals surface area contributed by atoms with Crippen molar-refractivity contribution in [1.82, 2.24) is 9.80 Å². The molecule has 2 amide bonds. The van der Waals surface area contributed by atoms with Gasteiger partial charge >= 0.3 is 0 Å². The van der Waals surface area contributed by atoms with E-state index in [-0.39, 0.29) is 42.3 Å². The third-order valence-corrected chi connectivity index (χ3v) is 3.56. The second kappa shape index (κ2) is 8.11. The van der Waals surface area contributed by atoms with Gasteiger partial charge in [-0.25, -0.2) is 0 Å². The van der Waals surface area contributed by atoms with Gasteiger partial charge in [0.25, 0.3) is 11.8 Å². The number of amides is 2. The Kier molecular flexibility index (Phi) is 6.79. The summed E-state index contributed by atoms with van der Waals surface area (Å²) in [4.78, 5) is 31.7. The summed E-state index contributed by atoms with van der Waals surface area (Å²) in [6.45, 7) is 6.10. The minimum absolute atomic E-state index is 0. The summed E-state index contributed by atoms with van der Waals surface area (Å²) < 4.78 is 0. The first-order chi connectivity index (χ1) is 10.1. The van der Waals surface area contributed by atoms with Crippen LogP contribution in [0.3, 0.4) is 0 Å². The van der Waals surface area contributed by atoms with E-state index in [1.807, 2.05) is 18.7 Å². The average molecular weight is 416 g/mol. The highest BCUT2D eigenvalue weighted by molar-refractivity contribution is 14.0. The topological polar surface area (TPSA) is 79.0 Å². The molecule has 2 N–H and O–H groups in total. The number of hydrogen-bond acceptors (Lipinski definition) is 3. The summed E-state index contributed by atoms with van der Waals surface area (Å²) in [6, 6.07) is 6.85. The minimum Gasteiger partial charge on any atom is -0.370 e. The fourth-order valence-corrected chi connectivity index (χ4v) is 2.35. The number of fused-ring (bicyclic) bond motifs is 1. The van der Waals surface area contributed by atoms with Crippen molar-refractivity contribution in [1.29, 1.82) is 0 Å². The zero-order valence-corrected chi connectivity index (χ0v) is 15.1. The van der Waals surface area contributed by atoms with Gasteiger partial charge in [-0.15, -0.1) is 24.0 Å². The van der Waals surface area contributed by atoms with Gasteiger partial charge in [-0.3, -0.25) is 19.5 Å². The maximum atomic E-state index is 12.1. The Bertz CT molecular complexity index is 550. The molecule has 2 rings (SSSR count). The van der Waals surface area contributed by atoms with Crippen molar-refractivity contribution in [3.63, 3.8) is 0 Å². The molecule has 1 aromatic carbocycles. The quantitative estimate of drug-likeness (QED) is 0.342. The number of nitrogens with two attached hydrogens (primary N) is 1. The summed E-state index contributed by atoms with van der Waals surface area (Å²) in [5.41, 5.74) is 6.79. The van der Waals surface area contributed by atoms with Crippen LogP contribution in [0.4, 0.5) is 0 Å². The van der Waals surface area contributed by atoms with Crippen molar-refractivity contribution in [2.45, 2.75) is 13.8 Å². The molecule has 0 spiro atoms. The molecule has 1 aromatic rings. The van der Waals surface area contributed by atoms with Crippen LogP contribution in [0.1, 0.15) is 34.6 Å². The third kappa shape index (κ3) is 3.57. The first kappa shape index (κ1) is 18.4. The van der Waals surface area contributed by atoms with Crippen molar-refractivity contribution < 1.29 is 9.59 Å². The van der Waals surface area contributed by atoms with E-state index in [1.165, 1.54) is 4.90 Å². The third-order valence-electron chi connectivity index (χ3n) is 3.56. The monoisotopic (exact) mass is 416 g/mol. The lowest BCUT2D eigenvalue weighted by molar-refractivity contribution is 0.0659. The molecular weight excluding hydrogens is 395 g/mol. The van der Waals surface area contributed by atoms with Gasteiger partial charge in [-0.1, -0.05) is 12.1 Å². The number of carbonyl (C=O) groups is 2. The van der Waals surface area contributed by atoms with Gasteiger partial charge in [0.15, 0.2) is 5.96 Å². The zero-order chi connectivity index (χ0) is 15.4. The van der Waals surface area contributed by atoms with E-state index in [0.717, 1.165) is 13.1 Å². The van der Waals surface area contributed by atoms with Crippen molar-refractivity contribution in [3.8, 4) is 0 Å². The molecule has 0 saturated carbocycles. The van der Waals surface area contributed by atoms with Crippen LogP contribution < -0.4 is 5.73 Å². The molecule has 22 heavy (non-hydrogen) atoms. The van der Waals surface area contributed by atoms with E-state index < -0.39 is 0 Å². The smallest absolute Gasteiger partial charge is 0.261 e. The summed E-state index contributed by atoms with van der Waals surface area (Å²) in [5.74, 6) is -0.0731. The number of benzene rings is 1. The second-order valence-electron chi connectivity index (χ2n) is 4.72. The fourth-order valence-electron chi connectivity index (χ4n) is 2.35. The molecule has 0 saturated heterocycles. The lowest BCUT2D eigenvalue weighted by Crippen LogP contribution is -2.38. The number of hydrogen-bond donors (Lipinski definition) is 1. The maximum Gasteiger partial charge on any atom is 0.261 e. The van der Waals surface area contributed by atoms with Crippen LogP contribution in [0.2, 0.25) is 0 Å². The van der Waals surface area contributed by atoms with Crippen LogP contribution in [0.15, 0.2) is 29.3 Å². The molecule has 6 nitrogen and oxygen atoms in total. The van der Waals surface area contributed by atoms with Crippen LogP contribution in [-0.4, -0.2) is 53.8 Å². The van der Waals surface area contributed by atoms with Crippen LogP contribution in [0.25, 0.3) is 0 Å². The Morgan fingerprint density at radius 2 is 1.64 bits per heavy atom. The fraction of sp³-hybridized carbons (Fsp3) is 0.400. The predicted molar refractivity (Wildman–Crippen MR) is 96.6 cm³/mol. The van der Waals surface area contributed by atoms with Gasteiger partial charge < -0.3 is 10.6 Å². The predicted octanol–water partition coefficient (Wildman–Crippen LogP) is 1.56. The molecule has 7 heteroatoms. The molecule has 0 aliphatic carbocycles. The van der Waals surface area contributed by atoms with Gasteiger partial charge in [0, 0.05) is 19.6 Å². The Morgan fingerprint density at radius 1 is 1.14 bits per heavy atom. The number of aliphatic imine (C=N–C) groups is 1. The molecule has 0 radical (unpaired) electrons. The Balaban J connectivity index is 0.00000242. The normalized spacial score (nSPS) is 13.9. The number of halogens is 1. The van der Waals surface area contributed by atoms with Crippen molar-refractivity contribution in [2.24, 2.45) is 10.7 Å². The van der Waals surface area contributed by atoms with Gasteiger partial charge in [-0.05, 0) is 26.0 Å². The number of nitrogens with zero attached hydrogens (tertiary/aromatic N) is 3. The SMILES string of the molecule is CCN(CC)C(N)=NCCN1C(=O)c2ccccc2C1=O.I. The number of carbonyl (C=O) groups excluding carboxylic acids is 2. The summed E-state index contributed by atoms with van der Waals surface area (Å²) >= 11 is 0. The van der Waals surface area contributed by atoms with Gasteiger partial charge in [0.1, 0.15) is 0 Å². The standard InChI is InChI=1S/C15H20N4O2.HI/c1-3-18(4-2)15(16)17-9-10-19-13(20)11-7-5-6-8-12(11)14(19)21;/h5-8H,3-4,9-10H2,1-2H3,(H2,16,17);1H. The zero-order valence-electron chi connectivity index (χ0n) is 12.8. The summed E-state index contributed by atoms with van der Waals surface area (Å²) in [7, 11) is 0. The number of imide groups is 1. The first-order valence-electron chi connectivity index (χ1n) is 7.10. The van der Waals surface area contributed by atoms with Gasteiger partial charge in [0.2, 0.25) is 0 Å². The first-order valence-corrected chi connectivity index (χ1v) is 7.10. The molecule has 0 fully saturated rings. The van der Waals surface area contributed by atoms with Crippen molar-refractivity contribution in [2.75, 3.05) is 26.2 Å². The van der Waals surface area contributed by atoms with E-state index in [2.05, 4.69) is 4.99 Å². The van der Waals surface area contributed by atoms with Gasteiger partial charge in [0.05, 0.1) is 17.7 Å². The van der Waals surface area contributed by atoms with Crippen molar-refractivity contribution in [3.05, 3.63) is 35.4 Å². The summed E-state index contributed by atoms with van der Waals surface area (Å²) in [6.07, 6.45) is 0. The Morgan fingerprint density at radius 3 is 2.09 bits per heavy atom. The highest BCUT2D eigenvalue weighted by Crippen LogP contribution is 2.21. The highest BCUT2D eigenvalue weighted by Gasteiger charge is 2.34. The van der Waals surface area contributed by atoms with E-state index in [9.17, 15) is 9.59 Å². The molecule has 0 bridgehead atoms. The van der Waals surface area contributed by atoms with Crippen molar-refractivity contribution >= 4 is 41.8 Å². The molecule has 1 heterocycles. The Hall–Kier alpha value is -1.64. The molecule has 0 aromatic heterocycles.